The van der Waals surface area contributed by atoms with E-state index >= 15 is 0 Å². The van der Waals surface area contributed by atoms with Gasteiger partial charge in [-0.3, -0.25) is 10.1 Å². The molecule has 0 aliphatic carbocycles. The minimum absolute atomic E-state index is 0.0280. The topological polar surface area (TPSA) is 41.1 Å². The van der Waals surface area contributed by atoms with Crippen molar-refractivity contribution >= 4 is 34.2 Å². The fourth-order valence-electron chi connectivity index (χ4n) is 2.11. The van der Waals surface area contributed by atoms with Crippen molar-refractivity contribution in [3.8, 4) is 0 Å². The Hall–Kier alpha value is -1.40. The summed E-state index contributed by atoms with van der Waals surface area (Å²) < 4.78 is 1.10. The summed E-state index contributed by atoms with van der Waals surface area (Å²) in [5.41, 5.74) is 2.00. The Kier molecular flexibility index (Phi) is 5.76. The molecule has 0 aliphatic rings. The number of nitrogens with one attached hydrogen (secondary N) is 2. The highest BCUT2D eigenvalue weighted by molar-refractivity contribution is 14.1. The first-order chi connectivity index (χ1) is 10.1. The Balaban J connectivity index is 1.93. The highest BCUT2D eigenvalue weighted by atomic mass is 127. The van der Waals surface area contributed by atoms with E-state index in [4.69, 9.17) is 0 Å². The van der Waals surface area contributed by atoms with E-state index in [0.717, 1.165) is 9.26 Å². The molecule has 0 spiro atoms. The zero-order valence-corrected chi connectivity index (χ0v) is 14.3. The number of hydrogen-bond acceptors (Lipinski definition) is 2. The van der Waals surface area contributed by atoms with Crippen molar-refractivity contribution in [1.29, 1.82) is 0 Å². The van der Waals surface area contributed by atoms with Crippen LogP contribution >= 0.6 is 22.6 Å². The molecule has 2 atom stereocenters. The van der Waals surface area contributed by atoms with Gasteiger partial charge in [0.25, 0.3) is 0 Å². The molecule has 0 aliphatic heterocycles. The van der Waals surface area contributed by atoms with Crippen LogP contribution in [-0.2, 0) is 4.79 Å². The van der Waals surface area contributed by atoms with Gasteiger partial charge in [0.1, 0.15) is 0 Å². The number of carbonyl (C=O) groups is 1. The maximum absolute atomic E-state index is 12.2. The number of rotatable bonds is 5. The second-order valence-corrected chi connectivity index (χ2v) is 6.27. The van der Waals surface area contributed by atoms with Gasteiger partial charge >= 0.3 is 0 Å². The lowest BCUT2D eigenvalue weighted by Gasteiger charge is -2.20. The quantitative estimate of drug-likeness (QED) is 0.754. The Morgan fingerprint density at radius 3 is 2.43 bits per heavy atom. The van der Waals surface area contributed by atoms with Gasteiger partial charge in [-0.2, -0.15) is 0 Å². The van der Waals surface area contributed by atoms with Gasteiger partial charge in [-0.05, 0) is 60.2 Å². The second kappa shape index (κ2) is 7.56. The maximum Gasteiger partial charge on any atom is 0.241 e. The van der Waals surface area contributed by atoms with Gasteiger partial charge < -0.3 is 5.32 Å². The lowest BCUT2D eigenvalue weighted by Crippen LogP contribution is -2.39. The van der Waals surface area contributed by atoms with Crippen molar-refractivity contribution < 1.29 is 4.79 Å². The molecule has 2 N–H and O–H groups in total. The SMILES string of the molecule is CC(NC(C)c1ccccc1)C(=O)Nc1cccc(I)c1. The van der Waals surface area contributed by atoms with Crippen LogP contribution in [0, 0.1) is 3.57 Å². The number of carbonyl (C=O) groups excluding carboxylic acids is 1. The Morgan fingerprint density at radius 2 is 1.76 bits per heavy atom. The molecule has 0 saturated carbocycles. The average Bonchev–Trinajstić information content (AvgIpc) is 2.48. The van der Waals surface area contributed by atoms with Crippen molar-refractivity contribution in [3.05, 3.63) is 63.7 Å². The van der Waals surface area contributed by atoms with E-state index in [1.807, 2.05) is 49.4 Å². The molecule has 0 aromatic heterocycles. The molecule has 110 valence electrons. The molecule has 0 saturated heterocycles. The van der Waals surface area contributed by atoms with Crippen LogP contribution in [0.25, 0.3) is 0 Å². The molecule has 4 heteroatoms. The van der Waals surface area contributed by atoms with Crippen LogP contribution in [0.3, 0.4) is 0 Å². The van der Waals surface area contributed by atoms with E-state index in [1.54, 1.807) is 0 Å². The third-order valence-electron chi connectivity index (χ3n) is 3.29. The summed E-state index contributed by atoms with van der Waals surface area (Å²) in [7, 11) is 0. The first kappa shape index (κ1) is 16.0. The van der Waals surface area contributed by atoms with Crippen molar-refractivity contribution in [2.24, 2.45) is 0 Å². The lowest BCUT2D eigenvalue weighted by atomic mass is 10.1. The highest BCUT2D eigenvalue weighted by Crippen LogP contribution is 2.14. The van der Waals surface area contributed by atoms with Crippen molar-refractivity contribution in [2.75, 3.05) is 5.32 Å². The summed E-state index contributed by atoms with van der Waals surface area (Å²) in [6.45, 7) is 3.94. The summed E-state index contributed by atoms with van der Waals surface area (Å²) >= 11 is 2.23. The van der Waals surface area contributed by atoms with Gasteiger partial charge in [-0.15, -0.1) is 0 Å². The number of anilines is 1. The zero-order valence-electron chi connectivity index (χ0n) is 12.1. The van der Waals surface area contributed by atoms with Gasteiger partial charge in [0, 0.05) is 15.3 Å². The first-order valence-electron chi connectivity index (χ1n) is 6.93. The molecule has 2 aromatic carbocycles. The van der Waals surface area contributed by atoms with Crippen molar-refractivity contribution in [1.82, 2.24) is 5.32 Å². The number of halogens is 1. The van der Waals surface area contributed by atoms with Gasteiger partial charge in [-0.25, -0.2) is 0 Å². The van der Waals surface area contributed by atoms with Crippen LogP contribution in [0.5, 0.6) is 0 Å². The van der Waals surface area contributed by atoms with E-state index in [2.05, 4.69) is 52.3 Å². The minimum atomic E-state index is -0.266. The predicted molar refractivity (Wildman–Crippen MR) is 95.2 cm³/mol. The van der Waals surface area contributed by atoms with E-state index in [-0.39, 0.29) is 18.0 Å². The number of hydrogen-bond donors (Lipinski definition) is 2. The molecule has 0 heterocycles. The molecule has 2 aromatic rings. The van der Waals surface area contributed by atoms with Crippen LogP contribution in [-0.4, -0.2) is 11.9 Å². The molecule has 0 fully saturated rings. The van der Waals surface area contributed by atoms with E-state index < -0.39 is 0 Å². The Labute approximate surface area is 139 Å². The van der Waals surface area contributed by atoms with Crippen LogP contribution in [0.1, 0.15) is 25.5 Å². The molecule has 0 bridgehead atoms. The van der Waals surface area contributed by atoms with Gasteiger partial charge in [0.2, 0.25) is 5.91 Å². The van der Waals surface area contributed by atoms with E-state index in [0.29, 0.717) is 0 Å². The molecule has 2 rings (SSSR count). The minimum Gasteiger partial charge on any atom is -0.325 e. The predicted octanol–water partition coefficient (Wildman–Crippen LogP) is 3.97. The average molecular weight is 394 g/mol. The fraction of sp³-hybridized carbons (Fsp3) is 0.235. The number of amides is 1. The largest absolute Gasteiger partial charge is 0.325 e. The maximum atomic E-state index is 12.2. The number of benzene rings is 2. The Morgan fingerprint density at radius 1 is 1.05 bits per heavy atom. The van der Waals surface area contributed by atoms with E-state index in [9.17, 15) is 4.79 Å². The van der Waals surface area contributed by atoms with Gasteiger partial charge in [0.15, 0.2) is 0 Å². The molecular formula is C17H19IN2O. The summed E-state index contributed by atoms with van der Waals surface area (Å²) in [5, 5.41) is 6.25. The molecule has 3 nitrogen and oxygen atoms in total. The first-order valence-corrected chi connectivity index (χ1v) is 8.01. The molecule has 2 unspecified atom stereocenters. The molecular weight excluding hydrogens is 375 g/mol. The Bertz CT molecular complexity index is 601. The van der Waals surface area contributed by atoms with Gasteiger partial charge in [-0.1, -0.05) is 36.4 Å². The van der Waals surface area contributed by atoms with Crippen LogP contribution < -0.4 is 10.6 Å². The van der Waals surface area contributed by atoms with Gasteiger partial charge in [0.05, 0.1) is 6.04 Å². The third-order valence-corrected chi connectivity index (χ3v) is 3.96. The summed E-state index contributed by atoms with van der Waals surface area (Å²) in [6, 6.07) is 17.7. The fourth-order valence-corrected chi connectivity index (χ4v) is 2.65. The van der Waals surface area contributed by atoms with E-state index in [1.165, 1.54) is 5.56 Å². The smallest absolute Gasteiger partial charge is 0.241 e. The highest BCUT2D eigenvalue weighted by Gasteiger charge is 2.16. The standard InChI is InChI=1S/C17H19IN2O/c1-12(14-7-4-3-5-8-14)19-13(2)17(21)20-16-10-6-9-15(18)11-16/h3-13,19H,1-2H3,(H,20,21). The van der Waals surface area contributed by atoms with Crippen molar-refractivity contribution in [2.45, 2.75) is 25.9 Å². The summed E-state index contributed by atoms with van der Waals surface area (Å²) in [6.07, 6.45) is 0. The van der Waals surface area contributed by atoms with Crippen LogP contribution in [0.4, 0.5) is 5.69 Å². The summed E-state index contributed by atoms with van der Waals surface area (Å²) in [5.74, 6) is -0.0280. The second-order valence-electron chi connectivity index (χ2n) is 5.02. The lowest BCUT2D eigenvalue weighted by molar-refractivity contribution is -0.117. The monoisotopic (exact) mass is 394 g/mol. The zero-order chi connectivity index (χ0) is 15.2. The summed E-state index contributed by atoms with van der Waals surface area (Å²) in [4.78, 5) is 12.2. The third kappa shape index (κ3) is 4.82. The van der Waals surface area contributed by atoms with Crippen molar-refractivity contribution in [3.63, 3.8) is 0 Å². The normalized spacial score (nSPS) is 13.5. The molecule has 1 amide bonds. The van der Waals surface area contributed by atoms with Crippen LogP contribution in [0.2, 0.25) is 0 Å². The molecule has 0 radical (unpaired) electrons. The molecule has 21 heavy (non-hydrogen) atoms. The van der Waals surface area contributed by atoms with Crippen LogP contribution in [0.15, 0.2) is 54.6 Å².